The van der Waals surface area contributed by atoms with Crippen molar-refractivity contribution in [3.05, 3.63) is 29.1 Å². The highest BCUT2D eigenvalue weighted by Crippen LogP contribution is 2.39. The van der Waals surface area contributed by atoms with Crippen molar-refractivity contribution >= 4 is 11.6 Å². The summed E-state index contributed by atoms with van der Waals surface area (Å²) in [5, 5.41) is 0. The molecule has 1 heterocycles. The van der Waals surface area contributed by atoms with Gasteiger partial charge < -0.3 is 4.90 Å². The molecule has 0 aromatic heterocycles. The maximum absolute atomic E-state index is 13.9. The second kappa shape index (κ2) is 4.00. The molecule has 0 unspecified atom stereocenters. The Bertz CT molecular complexity index is 525. The Morgan fingerprint density at radius 3 is 2.50 bits per heavy atom. The predicted molar refractivity (Wildman–Crippen MR) is 59.8 cm³/mol. The molecule has 2 aliphatic rings. The van der Waals surface area contributed by atoms with Gasteiger partial charge in [-0.3, -0.25) is 4.79 Å². The van der Waals surface area contributed by atoms with Crippen LogP contribution in [0.2, 0.25) is 0 Å². The van der Waals surface area contributed by atoms with E-state index >= 15 is 0 Å². The van der Waals surface area contributed by atoms with E-state index in [4.69, 9.17) is 0 Å². The molecule has 0 atom stereocenters. The van der Waals surface area contributed by atoms with E-state index in [2.05, 4.69) is 0 Å². The van der Waals surface area contributed by atoms with E-state index in [0.29, 0.717) is 12.5 Å². The third kappa shape index (κ3) is 1.69. The number of anilines is 1. The summed E-state index contributed by atoms with van der Waals surface area (Å²) in [7, 11) is 0. The molecule has 1 aliphatic carbocycles. The number of halogens is 3. The number of nitrogens with zero attached hydrogens (tertiary/aromatic N) is 1. The van der Waals surface area contributed by atoms with Gasteiger partial charge in [0.1, 0.15) is 5.82 Å². The third-order valence-electron chi connectivity index (χ3n) is 3.48. The standard InChI is InChI=1S/C13H12F3NO/c14-9-6-10(15)13-8(12(9)16)2-1-3-11(18)17(13)7-4-5-7/h6-7H,1-5H2. The average molecular weight is 255 g/mol. The number of benzene rings is 1. The highest BCUT2D eigenvalue weighted by Gasteiger charge is 2.38. The van der Waals surface area contributed by atoms with E-state index < -0.39 is 17.5 Å². The van der Waals surface area contributed by atoms with Crippen LogP contribution in [0.3, 0.4) is 0 Å². The van der Waals surface area contributed by atoms with Gasteiger partial charge in [-0.25, -0.2) is 13.2 Å². The van der Waals surface area contributed by atoms with Gasteiger partial charge >= 0.3 is 0 Å². The Kier molecular flexibility index (Phi) is 2.57. The number of rotatable bonds is 1. The molecule has 1 aromatic rings. The van der Waals surface area contributed by atoms with E-state index in [1.807, 2.05) is 0 Å². The molecule has 0 saturated heterocycles. The summed E-state index contributed by atoms with van der Waals surface area (Å²) in [4.78, 5) is 13.3. The summed E-state index contributed by atoms with van der Waals surface area (Å²) < 4.78 is 40.9. The van der Waals surface area contributed by atoms with Crippen molar-refractivity contribution in [3.63, 3.8) is 0 Å². The van der Waals surface area contributed by atoms with E-state index in [9.17, 15) is 18.0 Å². The lowest BCUT2D eigenvalue weighted by atomic mass is 10.1. The SMILES string of the molecule is O=C1CCCc2c(F)c(F)cc(F)c2N1C1CC1. The molecular weight excluding hydrogens is 243 g/mol. The van der Waals surface area contributed by atoms with Crippen molar-refractivity contribution in [2.75, 3.05) is 4.90 Å². The Balaban J connectivity index is 2.20. The van der Waals surface area contributed by atoms with Crippen molar-refractivity contribution in [1.29, 1.82) is 0 Å². The fourth-order valence-electron chi connectivity index (χ4n) is 2.50. The highest BCUT2D eigenvalue weighted by atomic mass is 19.2. The van der Waals surface area contributed by atoms with Crippen LogP contribution in [0, 0.1) is 17.5 Å². The molecule has 1 aromatic carbocycles. The summed E-state index contributed by atoms with van der Waals surface area (Å²) in [6, 6.07) is 0.482. The van der Waals surface area contributed by atoms with Crippen molar-refractivity contribution < 1.29 is 18.0 Å². The Morgan fingerprint density at radius 2 is 1.83 bits per heavy atom. The zero-order valence-electron chi connectivity index (χ0n) is 9.68. The molecule has 96 valence electrons. The molecule has 1 fully saturated rings. The van der Waals surface area contributed by atoms with Crippen LogP contribution in [-0.4, -0.2) is 11.9 Å². The lowest BCUT2D eigenvalue weighted by Gasteiger charge is -2.23. The van der Waals surface area contributed by atoms with Gasteiger partial charge in [0.2, 0.25) is 5.91 Å². The minimum atomic E-state index is -1.18. The van der Waals surface area contributed by atoms with Crippen LogP contribution in [0.1, 0.15) is 31.2 Å². The molecular formula is C13H12F3NO. The van der Waals surface area contributed by atoms with E-state index in [1.165, 1.54) is 4.90 Å². The molecule has 0 radical (unpaired) electrons. The molecule has 18 heavy (non-hydrogen) atoms. The van der Waals surface area contributed by atoms with Gasteiger partial charge in [-0.05, 0) is 25.7 Å². The average Bonchev–Trinajstić information content (AvgIpc) is 3.12. The molecule has 1 amide bonds. The second-order valence-electron chi connectivity index (χ2n) is 4.83. The number of fused-ring (bicyclic) bond motifs is 1. The fraction of sp³-hybridized carbons (Fsp3) is 0.462. The summed E-state index contributed by atoms with van der Waals surface area (Å²) in [6.45, 7) is 0. The molecule has 0 bridgehead atoms. The predicted octanol–water partition coefficient (Wildman–Crippen LogP) is 2.94. The monoisotopic (exact) mass is 255 g/mol. The van der Waals surface area contributed by atoms with Crippen LogP contribution in [0.25, 0.3) is 0 Å². The lowest BCUT2D eigenvalue weighted by Crippen LogP contribution is -2.33. The van der Waals surface area contributed by atoms with Gasteiger partial charge in [0.05, 0.1) is 5.69 Å². The van der Waals surface area contributed by atoms with Crippen LogP contribution < -0.4 is 4.90 Å². The smallest absolute Gasteiger partial charge is 0.227 e. The Morgan fingerprint density at radius 1 is 1.11 bits per heavy atom. The van der Waals surface area contributed by atoms with Gasteiger partial charge in [0.25, 0.3) is 0 Å². The van der Waals surface area contributed by atoms with E-state index in [-0.39, 0.29) is 36.0 Å². The molecule has 1 saturated carbocycles. The minimum Gasteiger partial charge on any atom is -0.306 e. The van der Waals surface area contributed by atoms with Crippen LogP contribution in [-0.2, 0) is 11.2 Å². The van der Waals surface area contributed by atoms with Crippen molar-refractivity contribution in [2.24, 2.45) is 0 Å². The largest absolute Gasteiger partial charge is 0.306 e. The highest BCUT2D eigenvalue weighted by molar-refractivity contribution is 5.96. The zero-order valence-corrected chi connectivity index (χ0v) is 9.68. The number of carbonyl (C=O) groups is 1. The third-order valence-corrected chi connectivity index (χ3v) is 3.48. The summed E-state index contributed by atoms with van der Waals surface area (Å²) in [5.41, 5.74) is -0.0378. The van der Waals surface area contributed by atoms with Crippen LogP contribution >= 0.6 is 0 Å². The quantitative estimate of drug-likeness (QED) is 0.706. The van der Waals surface area contributed by atoms with E-state index in [0.717, 1.165) is 12.8 Å². The molecule has 2 nitrogen and oxygen atoms in total. The van der Waals surface area contributed by atoms with Crippen molar-refractivity contribution in [2.45, 2.75) is 38.1 Å². The number of amides is 1. The molecule has 3 rings (SSSR count). The number of carbonyl (C=O) groups excluding carboxylic acids is 1. The Labute approximate surface area is 102 Å². The first-order chi connectivity index (χ1) is 8.59. The van der Waals surface area contributed by atoms with Gasteiger partial charge in [0, 0.05) is 24.1 Å². The summed E-state index contributed by atoms with van der Waals surface area (Å²) in [6.07, 6.45) is 2.47. The number of hydrogen-bond donors (Lipinski definition) is 0. The zero-order chi connectivity index (χ0) is 12.9. The topological polar surface area (TPSA) is 20.3 Å². The first-order valence-electron chi connectivity index (χ1n) is 6.08. The van der Waals surface area contributed by atoms with Crippen LogP contribution in [0.15, 0.2) is 6.07 Å². The molecule has 0 N–H and O–H groups in total. The number of hydrogen-bond acceptors (Lipinski definition) is 1. The Hall–Kier alpha value is -1.52. The van der Waals surface area contributed by atoms with Gasteiger partial charge in [-0.15, -0.1) is 0 Å². The summed E-state index contributed by atoms with van der Waals surface area (Å²) >= 11 is 0. The molecule has 5 heteroatoms. The molecule has 0 spiro atoms. The maximum Gasteiger partial charge on any atom is 0.227 e. The van der Waals surface area contributed by atoms with Crippen LogP contribution in [0.4, 0.5) is 18.9 Å². The minimum absolute atomic E-state index is 0.00486. The maximum atomic E-state index is 13.9. The van der Waals surface area contributed by atoms with E-state index in [1.54, 1.807) is 0 Å². The van der Waals surface area contributed by atoms with Gasteiger partial charge in [-0.2, -0.15) is 0 Å². The normalized spacial score (nSPS) is 19.7. The summed E-state index contributed by atoms with van der Waals surface area (Å²) in [5.74, 6) is -3.24. The molecule has 1 aliphatic heterocycles. The fourth-order valence-corrected chi connectivity index (χ4v) is 2.50. The van der Waals surface area contributed by atoms with Crippen molar-refractivity contribution in [1.82, 2.24) is 0 Å². The van der Waals surface area contributed by atoms with Crippen molar-refractivity contribution in [3.8, 4) is 0 Å². The lowest BCUT2D eigenvalue weighted by molar-refractivity contribution is -0.118. The first-order valence-corrected chi connectivity index (χ1v) is 6.08. The van der Waals surface area contributed by atoms with Gasteiger partial charge in [-0.1, -0.05) is 0 Å². The van der Waals surface area contributed by atoms with Crippen LogP contribution in [0.5, 0.6) is 0 Å². The van der Waals surface area contributed by atoms with Gasteiger partial charge in [0.15, 0.2) is 11.6 Å². The second-order valence-corrected chi connectivity index (χ2v) is 4.83. The first kappa shape index (κ1) is 11.6.